The number of carbonyl (C=O) groups excluding carboxylic acids is 2. The molecular weight excluding hydrogens is 322 g/mol. The molecule has 1 atom stereocenters. The van der Waals surface area contributed by atoms with Gasteiger partial charge in [0.05, 0.1) is 17.3 Å². The average molecular weight is 339 g/mol. The Bertz CT molecular complexity index is 839. The summed E-state index contributed by atoms with van der Waals surface area (Å²) < 4.78 is 5.02. The first-order valence-electron chi connectivity index (χ1n) is 7.96. The zero-order valence-electron chi connectivity index (χ0n) is 13.7. The van der Waals surface area contributed by atoms with Crippen molar-refractivity contribution in [2.75, 3.05) is 13.1 Å². The van der Waals surface area contributed by atoms with Crippen LogP contribution in [0.3, 0.4) is 0 Å². The van der Waals surface area contributed by atoms with E-state index < -0.39 is 0 Å². The van der Waals surface area contributed by atoms with Crippen LogP contribution in [0.25, 0.3) is 0 Å². The summed E-state index contributed by atoms with van der Waals surface area (Å²) in [5.74, 6) is -0.385. The Morgan fingerprint density at radius 1 is 1.44 bits per heavy atom. The molecule has 25 heavy (non-hydrogen) atoms. The number of nitriles is 1. The lowest BCUT2D eigenvalue weighted by Crippen LogP contribution is -2.49. The van der Waals surface area contributed by atoms with Crippen molar-refractivity contribution in [3.8, 4) is 6.07 Å². The molecule has 128 valence electrons. The van der Waals surface area contributed by atoms with Crippen LogP contribution in [0.15, 0.2) is 28.9 Å². The summed E-state index contributed by atoms with van der Waals surface area (Å²) in [4.78, 5) is 30.4. The van der Waals surface area contributed by atoms with E-state index in [1.807, 2.05) is 6.07 Å². The lowest BCUT2D eigenvalue weighted by molar-refractivity contribution is 0.0637. The molecule has 0 aromatic carbocycles. The van der Waals surface area contributed by atoms with E-state index >= 15 is 0 Å². The molecule has 1 fully saturated rings. The molecule has 8 nitrogen and oxygen atoms in total. The highest BCUT2D eigenvalue weighted by Crippen LogP contribution is 2.15. The van der Waals surface area contributed by atoms with E-state index in [0.29, 0.717) is 24.3 Å². The number of rotatable bonds is 3. The van der Waals surface area contributed by atoms with Gasteiger partial charge in [-0.3, -0.25) is 14.6 Å². The Morgan fingerprint density at radius 2 is 2.28 bits per heavy atom. The lowest BCUT2D eigenvalue weighted by atomic mass is 10.0. The zero-order chi connectivity index (χ0) is 17.8. The molecular formula is C17H17N5O3. The van der Waals surface area contributed by atoms with Crippen LogP contribution in [0, 0.1) is 18.3 Å². The van der Waals surface area contributed by atoms with E-state index in [2.05, 4.69) is 15.5 Å². The summed E-state index contributed by atoms with van der Waals surface area (Å²) in [5.41, 5.74) is 1.21. The van der Waals surface area contributed by atoms with Crippen molar-refractivity contribution in [1.82, 2.24) is 20.4 Å². The maximum atomic E-state index is 12.4. The van der Waals surface area contributed by atoms with Crippen LogP contribution >= 0.6 is 0 Å². The number of carbonyl (C=O) groups is 2. The molecule has 0 aliphatic carbocycles. The minimum atomic E-state index is -0.355. The second kappa shape index (κ2) is 7.13. The van der Waals surface area contributed by atoms with Crippen LogP contribution in [0.5, 0.6) is 0 Å². The summed E-state index contributed by atoms with van der Waals surface area (Å²) in [6.07, 6.45) is 2.97. The fraction of sp³-hybridized carbons (Fsp3) is 0.353. The molecule has 0 radical (unpaired) electrons. The van der Waals surface area contributed by atoms with Crippen LogP contribution in [0.4, 0.5) is 0 Å². The molecule has 3 heterocycles. The topological polar surface area (TPSA) is 112 Å². The second-order valence-electron chi connectivity index (χ2n) is 5.94. The Labute approximate surface area is 144 Å². The highest BCUT2D eigenvalue weighted by atomic mass is 16.5. The fourth-order valence-corrected chi connectivity index (χ4v) is 2.78. The number of hydrogen-bond donors (Lipinski definition) is 1. The molecule has 1 N–H and O–H groups in total. The van der Waals surface area contributed by atoms with Crippen molar-refractivity contribution in [3.05, 3.63) is 47.1 Å². The SMILES string of the molecule is Cc1cc(C(=O)N2CCC[C@@H](NC(=O)c3cc(C#N)ccn3)C2)on1. The van der Waals surface area contributed by atoms with Crippen molar-refractivity contribution in [1.29, 1.82) is 5.26 Å². The van der Waals surface area contributed by atoms with Gasteiger partial charge >= 0.3 is 0 Å². The largest absolute Gasteiger partial charge is 0.351 e. The number of piperidine rings is 1. The van der Waals surface area contributed by atoms with Gasteiger partial charge in [0.1, 0.15) is 5.69 Å². The second-order valence-corrected chi connectivity index (χ2v) is 5.94. The van der Waals surface area contributed by atoms with Crippen molar-refractivity contribution in [2.24, 2.45) is 0 Å². The summed E-state index contributed by atoms with van der Waals surface area (Å²) in [6.45, 7) is 2.75. The standard InChI is InChI=1S/C17H17N5O3/c1-11-7-15(25-21-11)17(24)22-6-2-3-13(10-22)20-16(23)14-8-12(9-18)4-5-19-14/h4-5,7-8,13H,2-3,6,10H2,1H3,(H,20,23)/t13-/m1/s1. The van der Waals surface area contributed by atoms with Gasteiger partial charge in [-0.15, -0.1) is 0 Å². The van der Waals surface area contributed by atoms with Crippen molar-refractivity contribution >= 4 is 11.8 Å². The number of hydrogen-bond acceptors (Lipinski definition) is 6. The minimum absolute atomic E-state index is 0.179. The van der Waals surface area contributed by atoms with E-state index in [1.165, 1.54) is 18.3 Å². The van der Waals surface area contributed by atoms with E-state index in [0.717, 1.165) is 12.8 Å². The van der Waals surface area contributed by atoms with E-state index in [9.17, 15) is 9.59 Å². The summed E-state index contributed by atoms with van der Waals surface area (Å²) in [6, 6.07) is 6.38. The van der Waals surface area contributed by atoms with Gasteiger partial charge in [-0.2, -0.15) is 5.26 Å². The van der Waals surface area contributed by atoms with E-state index in [-0.39, 0.29) is 29.3 Å². The predicted molar refractivity (Wildman–Crippen MR) is 86.6 cm³/mol. The van der Waals surface area contributed by atoms with Gasteiger partial charge in [0.25, 0.3) is 11.8 Å². The van der Waals surface area contributed by atoms with Crippen LogP contribution in [-0.2, 0) is 0 Å². The van der Waals surface area contributed by atoms with Gasteiger partial charge in [-0.25, -0.2) is 0 Å². The first-order chi connectivity index (χ1) is 12.1. The smallest absolute Gasteiger partial charge is 0.292 e. The minimum Gasteiger partial charge on any atom is -0.351 e. The molecule has 0 saturated carbocycles. The highest BCUT2D eigenvalue weighted by Gasteiger charge is 2.28. The normalized spacial score (nSPS) is 17.0. The molecule has 3 rings (SSSR count). The van der Waals surface area contributed by atoms with E-state index in [4.69, 9.17) is 9.78 Å². The van der Waals surface area contributed by atoms with Gasteiger partial charge in [-0.1, -0.05) is 5.16 Å². The zero-order valence-corrected chi connectivity index (χ0v) is 13.7. The third-order valence-electron chi connectivity index (χ3n) is 4.00. The van der Waals surface area contributed by atoms with Crippen LogP contribution in [-0.4, -0.2) is 46.0 Å². The monoisotopic (exact) mass is 339 g/mol. The maximum absolute atomic E-state index is 12.4. The number of aromatic nitrogens is 2. The van der Waals surface area contributed by atoms with Crippen LogP contribution < -0.4 is 5.32 Å². The third-order valence-corrected chi connectivity index (χ3v) is 4.00. The Balaban J connectivity index is 1.64. The lowest BCUT2D eigenvalue weighted by Gasteiger charge is -2.32. The van der Waals surface area contributed by atoms with Gasteiger partial charge < -0.3 is 14.7 Å². The number of pyridine rings is 1. The van der Waals surface area contributed by atoms with Gasteiger partial charge in [0.15, 0.2) is 0 Å². The highest BCUT2D eigenvalue weighted by molar-refractivity contribution is 5.93. The van der Waals surface area contributed by atoms with Crippen molar-refractivity contribution < 1.29 is 14.1 Å². The molecule has 0 spiro atoms. The van der Waals surface area contributed by atoms with E-state index in [1.54, 1.807) is 17.9 Å². The first kappa shape index (κ1) is 16.6. The number of nitrogens with zero attached hydrogens (tertiary/aromatic N) is 4. The van der Waals surface area contributed by atoms with Crippen LogP contribution in [0.2, 0.25) is 0 Å². The third kappa shape index (κ3) is 3.83. The molecule has 1 aliphatic rings. The number of aryl methyl sites for hydroxylation is 1. The maximum Gasteiger partial charge on any atom is 0.292 e. The van der Waals surface area contributed by atoms with Gasteiger partial charge in [-0.05, 0) is 31.9 Å². The summed E-state index contributed by atoms with van der Waals surface area (Å²) in [7, 11) is 0. The molecule has 0 unspecified atom stereocenters. The molecule has 1 aliphatic heterocycles. The summed E-state index contributed by atoms with van der Waals surface area (Å²) >= 11 is 0. The molecule has 2 amide bonds. The first-order valence-corrected chi connectivity index (χ1v) is 7.96. The Morgan fingerprint density at radius 3 is 3.00 bits per heavy atom. The molecule has 0 bridgehead atoms. The van der Waals surface area contributed by atoms with Gasteiger partial charge in [0.2, 0.25) is 5.76 Å². The average Bonchev–Trinajstić information content (AvgIpc) is 3.07. The molecule has 8 heteroatoms. The van der Waals surface area contributed by atoms with Crippen molar-refractivity contribution in [3.63, 3.8) is 0 Å². The van der Waals surface area contributed by atoms with Gasteiger partial charge in [0, 0.05) is 31.4 Å². The van der Waals surface area contributed by atoms with Crippen molar-refractivity contribution in [2.45, 2.75) is 25.8 Å². The Hall–Kier alpha value is -3.21. The predicted octanol–water partition coefficient (Wildman–Crippen LogP) is 1.28. The Kier molecular flexibility index (Phi) is 4.75. The fourth-order valence-electron chi connectivity index (χ4n) is 2.78. The number of nitrogens with one attached hydrogen (secondary N) is 1. The number of likely N-dealkylation sites (tertiary alicyclic amines) is 1. The summed E-state index contributed by atoms with van der Waals surface area (Å²) in [5, 5.41) is 15.5. The number of amides is 2. The molecule has 2 aromatic rings. The quantitative estimate of drug-likeness (QED) is 0.901. The molecule has 1 saturated heterocycles. The molecule has 2 aromatic heterocycles. The van der Waals surface area contributed by atoms with Crippen LogP contribution in [0.1, 0.15) is 45.1 Å².